The molecule has 8 nitrogen and oxygen atoms in total. The zero-order valence-electron chi connectivity index (χ0n) is 20.0. The molecule has 0 bridgehead atoms. The maximum absolute atomic E-state index is 13.4. The summed E-state index contributed by atoms with van der Waals surface area (Å²) in [4.78, 5) is 21.3. The Labute approximate surface area is 199 Å². The highest BCUT2D eigenvalue weighted by atomic mass is 16.1. The molecule has 3 heterocycles. The van der Waals surface area contributed by atoms with Crippen molar-refractivity contribution in [2.24, 2.45) is 0 Å². The molecular weight excluding hydrogens is 426 g/mol. The monoisotopic (exact) mass is 457 g/mol. The Hall–Kier alpha value is -3.36. The number of aryl methyl sites for hydroxylation is 2. The van der Waals surface area contributed by atoms with Crippen LogP contribution in [0.25, 0.3) is 10.9 Å². The Bertz CT molecular complexity index is 1340. The molecule has 0 aliphatic carbocycles. The van der Waals surface area contributed by atoms with Gasteiger partial charge in [0, 0.05) is 37.3 Å². The summed E-state index contributed by atoms with van der Waals surface area (Å²) in [5.74, 6) is 0.697. The molecule has 1 fully saturated rings. The number of H-pyrrole nitrogens is 1. The fraction of sp³-hybridized carbons (Fsp3) is 0.385. The molecule has 0 saturated carbocycles. The molecule has 0 amide bonds. The predicted octanol–water partition coefficient (Wildman–Crippen LogP) is 2.91. The van der Waals surface area contributed by atoms with Gasteiger partial charge < -0.3 is 9.88 Å². The number of aromatic amines is 1. The molecule has 34 heavy (non-hydrogen) atoms. The van der Waals surface area contributed by atoms with Crippen molar-refractivity contribution < 1.29 is 0 Å². The van der Waals surface area contributed by atoms with E-state index in [1.807, 2.05) is 35.0 Å². The van der Waals surface area contributed by atoms with Gasteiger partial charge >= 0.3 is 0 Å². The van der Waals surface area contributed by atoms with Gasteiger partial charge in [-0.15, -0.1) is 5.10 Å². The lowest BCUT2D eigenvalue weighted by atomic mass is 10.00. The Balaban J connectivity index is 1.61. The molecule has 2 aromatic heterocycles. The number of tetrazole rings is 1. The highest BCUT2D eigenvalue weighted by Gasteiger charge is 2.32. The minimum absolute atomic E-state index is 0.0899. The van der Waals surface area contributed by atoms with Gasteiger partial charge in [-0.05, 0) is 71.1 Å². The van der Waals surface area contributed by atoms with E-state index in [1.165, 1.54) is 5.56 Å². The number of aromatic nitrogens is 5. The van der Waals surface area contributed by atoms with Crippen molar-refractivity contribution in [2.75, 3.05) is 32.7 Å². The van der Waals surface area contributed by atoms with Gasteiger partial charge in [-0.1, -0.05) is 37.3 Å². The third kappa shape index (κ3) is 4.38. The number of rotatable bonds is 6. The van der Waals surface area contributed by atoms with Gasteiger partial charge in [0.25, 0.3) is 5.56 Å². The minimum Gasteiger partial charge on any atom is -0.322 e. The van der Waals surface area contributed by atoms with Gasteiger partial charge in [-0.3, -0.25) is 9.69 Å². The quantitative estimate of drug-likeness (QED) is 0.479. The molecule has 1 aliphatic rings. The zero-order valence-corrected chi connectivity index (χ0v) is 20.0. The molecule has 8 heteroatoms. The molecule has 176 valence electrons. The Morgan fingerprint density at radius 2 is 1.74 bits per heavy atom. The van der Waals surface area contributed by atoms with Crippen LogP contribution in [0.15, 0.2) is 53.3 Å². The standard InChI is InChI=1S/C26H31N7O/c1-4-31-10-12-32(13-11-31)24(25-28-29-30-33(25)17-20-8-6-5-7-9-20)22-16-21-14-18(2)19(3)15-23(21)27-26(22)34/h5-9,14-16,24H,4,10-13,17H2,1-3H3,(H,27,34). The summed E-state index contributed by atoms with van der Waals surface area (Å²) in [6.07, 6.45) is 0. The van der Waals surface area contributed by atoms with Crippen LogP contribution in [-0.2, 0) is 6.54 Å². The van der Waals surface area contributed by atoms with Gasteiger partial charge in [-0.2, -0.15) is 0 Å². The first-order valence-corrected chi connectivity index (χ1v) is 11.9. The highest BCUT2D eigenvalue weighted by molar-refractivity contribution is 5.81. The average molecular weight is 458 g/mol. The number of likely N-dealkylation sites (N-methyl/N-ethyl adjacent to an activating group) is 1. The number of fused-ring (bicyclic) bond motifs is 1. The van der Waals surface area contributed by atoms with E-state index in [1.54, 1.807) is 0 Å². The minimum atomic E-state index is -0.326. The van der Waals surface area contributed by atoms with E-state index >= 15 is 0 Å². The SMILES string of the molecule is CCN1CCN(C(c2cc3cc(C)c(C)cc3[nH]c2=O)c2nnnn2Cc2ccccc2)CC1. The number of nitrogens with one attached hydrogen (secondary N) is 1. The molecule has 1 aliphatic heterocycles. The smallest absolute Gasteiger partial charge is 0.253 e. The lowest BCUT2D eigenvalue weighted by Crippen LogP contribution is -2.49. The normalized spacial score (nSPS) is 16.2. The summed E-state index contributed by atoms with van der Waals surface area (Å²) in [6, 6.07) is 16.0. The van der Waals surface area contributed by atoms with Crippen LogP contribution in [0.2, 0.25) is 0 Å². The number of pyridine rings is 1. The number of benzene rings is 2. The average Bonchev–Trinajstić information content (AvgIpc) is 3.29. The second kappa shape index (κ2) is 9.48. The molecule has 1 atom stereocenters. The van der Waals surface area contributed by atoms with E-state index in [0.29, 0.717) is 17.9 Å². The predicted molar refractivity (Wildman–Crippen MR) is 133 cm³/mol. The van der Waals surface area contributed by atoms with Crippen LogP contribution in [0.4, 0.5) is 0 Å². The van der Waals surface area contributed by atoms with Crippen LogP contribution in [0.1, 0.15) is 41.0 Å². The molecule has 1 unspecified atom stereocenters. The Morgan fingerprint density at radius 3 is 2.47 bits per heavy atom. The fourth-order valence-electron chi connectivity index (χ4n) is 4.81. The van der Waals surface area contributed by atoms with Crippen LogP contribution in [0, 0.1) is 13.8 Å². The van der Waals surface area contributed by atoms with Crippen molar-refractivity contribution in [3.8, 4) is 0 Å². The molecule has 2 aromatic carbocycles. The van der Waals surface area contributed by atoms with Crippen molar-refractivity contribution in [3.05, 3.63) is 87.0 Å². The van der Waals surface area contributed by atoms with E-state index in [-0.39, 0.29) is 11.6 Å². The topological polar surface area (TPSA) is 82.9 Å². The first-order chi connectivity index (χ1) is 16.5. The number of hydrogen-bond acceptors (Lipinski definition) is 6. The molecule has 1 N–H and O–H groups in total. The van der Waals surface area contributed by atoms with Crippen LogP contribution in [-0.4, -0.2) is 67.7 Å². The third-order valence-corrected chi connectivity index (χ3v) is 6.98. The molecular formula is C26H31N7O. The van der Waals surface area contributed by atoms with Gasteiger partial charge in [0.2, 0.25) is 0 Å². The molecule has 1 saturated heterocycles. The second-order valence-corrected chi connectivity index (χ2v) is 9.13. The Morgan fingerprint density at radius 1 is 1.00 bits per heavy atom. The van der Waals surface area contributed by atoms with Gasteiger partial charge in [0.05, 0.1) is 6.54 Å². The maximum atomic E-state index is 13.4. The molecule has 4 aromatic rings. The third-order valence-electron chi connectivity index (χ3n) is 6.98. The summed E-state index contributed by atoms with van der Waals surface area (Å²) in [6.45, 7) is 11.5. The summed E-state index contributed by atoms with van der Waals surface area (Å²) in [5.41, 5.74) is 4.93. The van der Waals surface area contributed by atoms with Crippen molar-refractivity contribution >= 4 is 10.9 Å². The van der Waals surface area contributed by atoms with E-state index in [4.69, 9.17) is 0 Å². The van der Waals surface area contributed by atoms with Gasteiger partial charge in [-0.25, -0.2) is 4.68 Å². The number of nitrogens with zero attached hydrogens (tertiary/aromatic N) is 6. The van der Waals surface area contributed by atoms with Crippen molar-refractivity contribution in [3.63, 3.8) is 0 Å². The van der Waals surface area contributed by atoms with Crippen molar-refractivity contribution in [1.29, 1.82) is 0 Å². The van der Waals surface area contributed by atoms with E-state index in [9.17, 15) is 4.79 Å². The van der Waals surface area contributed by atoms with E-state index in [2.05, 4.69) is 69.3 Å². The van der Waals surface area contributed by atoms with Crippen LogP contribution in [0.3, 0.4) is 0 Å². The number of piperazine rings is 1. The molecule has 0 spiro atoms. The van der Waals surface area contributed by atoms with E-state index < -0.39 is 0 Å². The van der Waals surface area contributed by atoms with Gasteiger partial charge in [0.1, 0.15) is 6.04 Å². The first-order valence-electron chi connectivity index (χ1n) is 11.9. The van der Waals surface area contributed by atoms with Crippen LogP contribution in [0.5, 0.6) is 0 Å². The lowest BCUT2D eigenvalue weighted by Gasteiger charge is -2.38. The fourth-order valence-corrected chi connectivity index (χ4v) is 4.81. The largest absolute Gasteiger partial charge is 0.322 e. The second-order valence-electron chi connectivity index (χ2n) is 9.13. The molecule has 5 rings (SSSR count). The number of hydrogen-bond donors (Lipinski definition) is 1. The summed E-state index contributed by atoms with van der Waals surface area (Å²) in [7, 11) is 0. The van der Waals surface area contributed by atoms with Gasteiger partial charge in [0.15, 0.2) is 5.82 Å². The lowest BCUT2D eigenvalue weighted by molar-refractivity contribution is 0.108. The maximum Gasteiger partial charge on any atom is 0.253 e. The van der Waals surface area contributed by atoms with E-state index in [0.717, 1.165) is 54.8 Å². The zero-order chi connectivity index (χ0) is 23.7. The summed E-state index contributed by atoms with van der Waals surface area (Å²) >= 11 is 0. The van der Waals surface area contributed by atoms with Crippen molar-refractivity contribution in [2.45, 2.75) is 33.4 Å². The van der Waals surface area contributed by atoms with Crippen molar-refractivity contribution in [1.82, 2.24) is 35.0 Å². The first kappa shape index (κ1) is 22.4. The summed E-state index contributed by atoms with van der Waals surface area (Å²) in [5, 5.41) is 13.8. The summed E-state index contributed by atoms with van der Waals surface area (Å²) < 4.78 is 1.83. The highest BCUT2D eigenvalue weighted by Crippen LogP contribution is 2.28. The molecule has 0 radical (unpaired) electrons. The Kier molecular flexibility index (Phi) is 6.26. The van der Waals surface area contributed by atoms with Crippen LogP contribution >= 0.6 is 0 Å². The van der Waals surface area contributed by atoms with Crippen LogP contribution < -0.4 is 5.56 Å².